The maximum atomic E-state index is 12.5. The molecule has 2 heterocycles. The first kappa shape index (κ1) is 25.4. The number of piperazine rings is 1. The van der Waals surface area contributed by atoms with Crippen LogP contribution in [0.2, 0.25) is 0 Å². The van der Waals surface area contributed by atoms with Crippen molar-refractivity contribution in [1.29, 1.82) is 0 Å². The summed E-state index contributed by atoms with van der Waals surface area (Å²) in [6, 6.07) is 7.38. The summed E-state index contributed by atoms with van der Waals surface area (Å²) in [6.45, 7) is 3.68. The molecule has 11 heteroatoms. The molecule has 1 amide bonds. The van der Waals surface area contributed by atoms with Crippen molar-refractivity contribution in [2.75, 3.05) is 47.5 Å². The third kappa shape index (κ3) is 7.07. The Labute approximate surface area is 191 Å². The number of hydrogen-bond donors (Lipinski definition) is 2. The van der Waals surface area contributed by atoms with E-state index in [9.17, 15) is 4.79 Å². The molecule has 2 N–H and O–H groups in total. The number of carbonyl (C=O) groups is 3. The molecule has 1 aromatic carbocycles. The Kier molecular flexibility index (Phi) is 9.43. The van der Waals surface area contributed by atoms with E-state index >= 15 is 0 Å². The van der Waals surface area contributed by atoms with Gasteiger partial charge in [0.15, 0.2) is 11.5 Å². The number of pyridine rings is 1. The monoisotopic (exact) mass is 461 g/mol. The van der Waals surface area contributed by atoms with E-state index in [-0.39, 0.29) is 5.91 Å². The first-order valence-corrected chi connectivity index (χ1v) is 9.97. The van der Waals surface area contributed by atoms with Gasteiger partial charge in [0.1, 0.15) is 5.75 Å². The molecule has 1 aliphatic heterocycles. The number of aromatic nitrogens is 1. The van der Waals surface area contributed by atoms with E-state index in [1.54, 1.807) is 45.9 Å². The van der Waals surface area contributed by atoms with Crippen LogP contribution >= 0.6 is 0 Å². The van der Waals surface area contributed by atoms with Crippen LogP contribution in [0.5, 0.6) is 17.2 Å². The maximum Gasteiger partial charge on any atom is 0.414 e. The van der Waals surface area contributed by atoms with E-state index in [0.717, 1.165) is 30.9 Å². The van der Waals surface area contributed by atoms with Gasteiger partial charge in [-0.2, -0.15) is 0 Å². The molecule has 0 bridgehead atoms. The first-order chi connectivity index (χ1) is 15.8. The zero-order valence-corrected chi connectivity index (χ0v) is 18.7. The molecule has 1 aromatic heterocycles. The second-order valence-corrected chi connectivity index (χ2v) is 6.94. The predicted molar refractivity (Wildman–Crippen MR) is 117 cm³/mol. The van der Waals surface area contributed by atoms with E-state index in [2.05, 4.69) is 9.88 Å². The van der Waals surface area contributed by atoms with Crippen LogP contribution in [0.15, 0.2) is 36.7 Å². The van der Waals surface area contributed by atoms with Crippen LogP contribution in [-0.4, -0.2) is 90.4 Å². The Bertz CT molecular complexity index is 948. The lowest BCUT2D eigenvalue weighted by Gasteiger charge is -2.35. The van der Waals surface area contributed by atoms with Crippen LogP contribution in [0.25, 0.3) is 0 Å². The third-order valence-electron chi connectivity index (χ3n) is 4.93. The van der Waals surface area contributed by atoms with Gasteiger partial charge in [0.25, 0.3) is 5.91 Å². The summed E-state index contributed by atoms with van der Waals surface area (Å²) in [5.74, 6) is -1.53. The molecule has 1 aliphatic rings. The highest BCUT2D eigenvalue weighted by Crippen LogP contribution is 2.35. The van der Waals surface area contributed by atoms with Gasteiger partial charge in [0.2, 0.25) is 0 Å². The molecule has 178 valence electrons. The topological polar surface area (TPSA) is 139 Å². The number of carbonyl (C=O) groups excluding carboxylic acids is 1. The van der Waals surface area contributed by atoms with Crippen molar-refractivity contribution in [3.8, 4) is 17.2 Å². The average molecular weight is 461 g/mol. The van der Waals surface area contributed by atoms with Gasteiger partial charge in [0.05, 0.1) is 26.9 Å². The third-order valence-corrected chi connectivity index (χ3v) is 4.93. The summed E-state index contributed by atoms with van der Waals surface area (Å²) in [4.78, 5) is 38.9. The van der Waals surface area contributed by atoms with Crippen LogP contribution in [0, 0.1) is 0 Å². The number of nitrogens with zero attached hydrogens (tertiary/aromatic N) is 3. The minimum Gasteiger partial charge on any atom is -0.496 e. The Morgan fingerprint density at radius 3 is 1.97 bits per heavy atom. The highest BCUT2D eigenvalue weighted by atomic mass is 16.5. The van der Waals surface area contributed by atoms with Gasteiger partial charge >= 0.3 is 11.9 Å². The predicted octanol–water partition coefficient (Wildman–Crippen LogP) is 1.22. The summed E-state index contributed by atoms with van der Waals surface area (Å²) < 4.78 is 16.3. The van der Waals surface area contributed by atoms with Gasteiger partial charge < -0.3 is 29.3 Å². The van der Waals surface area contributed by atoms with Crippen molar-refractivity contribution >= 4 is 17.8 Å². The second kappa shape index (κ2) is 12.2. The molecule has 1 fully saturated rings. The lowest BCUT2D eigenvalue weighted by Crippen LogP contribution is -2.48. The van der Waals surface area contributed by atoms with Crippen molar-refractivity contribution in [3.63, 3.8) is 0 Å². The van der Waals surface area contributed by atoms with Crippen molar-refractivity contribution in [2.45, 2.75) is 6.54 Å². The van der Waals surface area contributed by atoms with E-state index in [1.165, 1.54) is 0 Å². The van der Waals surface area contributed by atoms with Crippen LogP contribution in [0.4, 0.5) is 0 Å². The molecule has 1 saturated heterocycles. The number of methoxy groups -OCH3 is 3. The molecule has 0 radical (unpaired) electrons. The maximum absolute atomic E-state index is 12.5. The van der Waals surface area contributed by atoms with Gasteiger partial charge in [-0.3, -0.25) is 14.7 Å². The smallest absolute Gasteiger partial charge is 0.414 e. The molecule has 0 saturated carbocycles. The average Bonchev–Trinajstić information content (AvgIpc) is 2.84. The summed E-state index contributed by atoms with van der Waals surface area (Å²) >= 11 is 0. The molecule has 33 heavy (non-hydrogen) atoms. The summed E-state index contributed by atoms with van der Waals surface area (Å²) in [5.41, 5.74) is 1.66. The van der Waals surface area contributed by atoms with Gasteiger partial charge in [-0.1, -0.05) is 0 Å². The quantitative estimate of drug-likeness (QED) is 0.604. The van der Waals surface area contributed by atoms with Crippen LogP contribution in [0.1, 0.15) is 15.9 Å². The highest BCUT2D eigenvalue weighted by Gasteiger charge is 2.23. The van der Waals surface area contributed by atoms with Gasteiger partial charge in [-0.15, -0.1) is 0 Å². The summed E-state index contributed by atoms with van der Waals surface area (Å²) in [6.07, 6.45) is 3.29. The number of amides is 1. The largest absolute Gasteiger partial charge is 0.496 e. The van der Waals surface area contributed by atoms with Crippen molar-refractivity contribution < 1.29 is 38.8 Å². The standard InChI is InChI=1S/C20H25N3O4.C2H2O4/c1-25-17-12-19(27-3)18(26-2)11-16(17)14-22-7-9-23(10-8-22)20(24)15-5-4-6-21-13-15;3-1(4)2(5)6/h4-6,11-13H,7-10,14H2,1-3H3;(H,3,4)(H,5,6). The summed E-state index contributed by atoms with van der Waals surface area (Å²) in [5, 5.41) is 14.8. The molecule has 11 nitrogen and oxygen atoms in total. The van der Waals surface area contributed by atoms with E-state index in [0.29, 0.717) is 30.2 Å². The van der Waals surface area contributed by atoms with Crippen LogP contribution < -0.4 is 14.2 Å². The number of hydrogen-bond acceptors (Lipinski definition) is 8. The molecular formula is C22H27N3O8. The summed E-state index contributed by atoms with van der Waals surface area (Å²) in [7, 11) is 4.88. The Balaban J connectivity index is 0.000000569. The number of carboxylic acids is 2. The molecule has 2 aromatic rings. The lowest BCUT2D eigenvalue weighted by atomic mass is 10.1. The van der Waals surface area contributed by atoms with Gasteiger partial charge in [-0.05, 0) is 18.2 Å². The fourth-order valence-corrected chi connectivity index (χ4v) is 3.24. The zero-order valence-electron chi connectivity index (χ0n) is 18.7. The zero-order chi connectivity index (χ0) is 24.4. The van der Waals surface area contributed by atoms with Crippen LogP contribution in [-0.2, 0) is 16.1 Å². The van der Waals surface area contributed by atoms with Crippen molar-refractivity contribution in [1.82, 2.24) is 14.8 Å². The van der Waals surface area contributed by atoms with E-state index < -0.39 is 11.9 Å². The van der Waals surface area contributed by atoms with E-state index in [4.69, 9.17) is 34.0 Å². The highest BCUT2D eigenvalue weighted by molar-refractivity contribution is 6.27. The number of rotatable bonds is 6. The molecule has 0 unspecified atom stereocenters. The fourth-order valence-electron chi connectivity index (χ4n) is 3.24. The van der Waals surface area contributed by atoms with Gasteiger partial charge in [-0.25, -0.2) is 9.59 Å². The van der Waals surface area contributed by atoms with Gasteiger partial charge in [0, 0.05) is 56.7 Å². The van der Waals surface area contributed by atoms with Crippen molar-refractivity contribution in [3.05, 3.63) is 47.8 Å². The number of aliphatic carboxylic acids is 2. The SMILES string of the molecule is COc1cc(OC)c(OC)cc1CN1CCN(C(=O)c2cccnc2)CC1.O=C(O)C(=O)O. The molecule has 3 rings (SSSR count). The van der Waals surface area contributed by atoms with E-state index in [1.807, 2.05) is 17.0 Å². The molecule has 0 aliphatic carbocycles. The normalized spacial score (nSPS) is 13.4. The number of carboxylic acid groups (broad SMARTS) is 2. The van der Waals surface area contributed by atoms with Crippen LogP contribution in [0.3, 0.4) is 0 Å². The molecular weight excluding hydrogens is 434 g/mol. The second-order valence-electron chi connectivity index (χ2n) is 6.94. The fraction of sp³-hybridized carbons (Fsp3) is 0.364. The molecule has 0 atom stereocenters. The Morgan fingerprint density at radius 1 is 0.909 bits per heavy atom. The van der Waals surface area contributed by atoms with Crippen molar-refractivity contribution in [2.24, 2.45) is 0 Å². The minimum atomic E-state index is -1.82. The Hall–Kier alpha value is -3.86. The lowest BCUT2D eigenvalue weighted by molar-refractivity contribution is -0.159. The number of ether oxygens (including phenoxy) is 3. The number of benzene rings is 1. The minimum absolute atomic E-state index is 0.0337. The first-order valence-electron chi connectivity index (χ1n) is 9.97. The Morgan fingerprint density at radius 2 is 1.48 bits per heavy atom. The molecule has 0 spiro atoms.